The van der Waals surface area contributed by atoms with Crippen LogP contribution < -0.4 is 5.32 Å². The summed E-state index contributed by atoms with van der Waals surface area (Å²) in [7, 11) is 0. The molecule has 0 saturated carbocycles. The van der Waals surface area contributed by atoms with E-state index in [1.807, 2.05) is 50.2 Å². The Morgan fingerprint density at radius 1 is 1.09 bits per heavy atom. The zero-order valence-electron chi connectivity index (χ0n) is 13.5. The van der Waals surface area contributed by atoms with Crippen molar-refractivity contribution in [1.82, 2.24) is 5.32 Å². The van der Waals surface area contributed by atoms with Crippen LogP contribution in [-0.4, -0.2) is 18.2 Å². The van der Waals surface area contributed by atoms with Gasteiger partial charge in [-0.15, -0.1) is 11.8 Å². The Morgan fingerprint density at radius 3 is 2.43 bits per heavy atom. The van der Waals surface area contributed by atoms with Gasteiger partial charge in [0.2, 0.25) is 5.91 Å². The highest BCUT2D eigenvalue weighted by atomic mass is 32.2. The average Bonchev–Trinajstić information content (AvgIpc) is 2.54. The van der Waals surface area contributed by atoms with Crippen LogP contribution in [0, 0.1) is 5.82 Å². The van der Waals surface area contributed by atoms with Gasteiger partial charge in [0.15, 0.2) is 0 Å². The number of thioether (sulfide) groups is 1. The van der Waals surface area contributed by atoms with Gasteiger partial charge in [-0.25, -0.2) is 4.39 Å². The summed E-state index contributed by atoms with van der Waals surface area (Å²) in [5, 5.41) is 2.92. The van der Waals surface area contributed by atoms with Gasteiger partial charge in [-0.05, 0) is 23.8 Å². The molecule has 1 amide bonds. The van der Waals surface area contributed by atoms with Crippen LogP contribution in [0.3, 0.4) is 0 Å². The van der Waals surface area contributed by atoms with Crippen LogP contribution in [0.15, 0.2) is 59.5 Å². The zero-order chi connectivity index (χ0) is 16.7. The summed E-state index contributed by atoms with van der Waals surface area (Å²) in [5.74, 6) is 0.500. The number of hydrogen-bond donors (Lipinski definition) is 1. The molecule has 4 heteroatoms. The third-order valence-electron chi connectivity index (χ3n) is 3.67. The van der Waals surface area contributed by atoms with Crippen LogP contribution >= 0.6 is 11.8 Å². The smallest absolute Gasteiger partial charge is 0.220 e. The Bertz CT molecular complexity index is 643. The summed E-state index contributed by atoms with van der Waals surface area (Å²) in [6, 6.07) is 16.7. The predicted octanol–water partition coefficient (Wildman–Crippen LogP) is 4.40. The molecule has 2 nitrogen and oxygen atoms in total. The zero-order valence-corrected chi connectivity index (χ0v) is 14.3. The molecule has 0 saturated heterocycles. The number of benzene rings is 2. The van der Waals surface area contributed by atoms with E-state index < -0.39 is 5.41 Å². The highest BCUT2D eigenvalue weighted by molar-refractivity contribution is 7.99. The fourth-order valence-corrected chi connectivity index (χ4v) is 3.16. The SMILES string of the molecule is CC(C)(CNC(=O)CCSc1ccccc1)c1ccccc1F. The molecule has 2 rings (SSSR count). The molecule has 23 heavy (non-hydrogen) atoms. The molecule has 0 radical (unpaired) electrons. The third-order valence-corrected chi connectivity index (χ3v) is 4.69. The highest BCUT2D eigenvalue weighted by Crippen LogP contribution is 2.25. The fraction of sp³-hybridized carbons (Fsp3) is 0.316. The summed E-state index contributed by atoms with van der Waals surface area (Å²) in [5.41, 5.74) is 0.187. The van der Waals surface area contributed by atoms with Gasteiger partial charge in [0.1, 0.15) is 5.82 Å². The van der Waals surface area contributed by atoms with Gasteiger partial charge in [-0.3, -0.25) is 4.79 Å². The standard InChI is InChI=1S/C19H22FNOS/c1-19(2,16-10-6-7-11-17(16)20)14-21-18(22)12-13-23-15-8-4-3-5-9-15/h3-11H,12-14H2,1-2H3,(H,21,22). The van der Waals surface area contributed by atoms with Crippen LogP contribution in [0.5, 0.6) is 0 Å². The molecule has 0 aliphatic heterocycles. The van der Waals surface area contributed by atoms with Crippen LogP contribution in [0.4, 0.5) is 4.39 Å². The molecule has 2 aromatic carbocycles. The molecule has 0 aromatic heterocycles. The maximum Gasteiger partial charge on any atom is 0.220 e. The maximum absolute atomic E-state index is 13.9. The number of hydrogen-bond acceptors (Lipinski definition) is 2. The van der Waals surface area contributed by atoms with E-state index in [9.17, 15) is 9.18 Å². The first kappa shape index (κ1) is 17.5. The van der Waals surface area contributed by atoms with Crippen molar-refractivity contribution in [3.8, 4) is 0 Å². The Kier molecular flexibility index (Phi) is 6.22. The summed E-state index contributed by atoms with van der Waals surface area (Å²) >= 11 is 1.66. The first-order valence-electron chi connectivity index (χ1n) is 7.68. The first-order chi connectivity index (χ1) is 11.0. The number of amides is 1. The summed E-state index contributed by atoms with van der Waals surface area (Å²) in [4.78, 5) is 13.1. The van der Waals surface area contributed by atoms with Gasteiger partial charge >= 0.3 is 0 Å². The second-order valence-corrected chi connectivity index (χ2v) is 7.22. The van der Waals surface area contributed by atoms with Crippen molar-refractivity contribution in [3.05, 3.63) is 66.0 Å². The molecule has 0 unspecified atom stereocenters. The van der Waals surface area contributed by atoms with E-state index in [1.165, 1.54) is 6.07 Å². The number of carbonyl (C=O) groups is 1. The van der Waals surface area contributed by atoms with Crippen molar-refractivity contribution >= 4 is 17.7 Å². The number of carbonyl (C=O) groups excluding carboxylic acids is 1. The minimum absolute atomic E-state index is 0.00199. The van der Waals surface area contributed by atoms with Crippen molar-refractivity contribution in [2.45, 2.75) is 30.6 Å². The second-order valence-electron chi connectivity index (χ2n) is 6.05. The summed E-state index contributed by atoms with van der Waals surface area (Å²) < 4.78 is 13.9. The Balaban J connectivity index is 1.78. The monoisotopic (exact) mass is 331 g/mol. The van der Waals surface area contributed by atoms with Gasteiger partial charge in [0.25, 0.3) is 0 Å². The van der Waals surface area contributed by atoms with Crippen molar-refractivity contribution < 1.29 is 9.18 Å². The fourth-order valence-electron chi connectivity index (χ4n) is 2.29. The average molecular weight is 331 g/mol. The van der Waals surface area contributed by atoms with E-state index >= 15 is 0 Å². The molecule has 0 heterocycles. The van der Waals surface area contributed by atoms with Crippen LogP contribution in [0.2, 0.25) is 0 Å². The molecule has 0 bridgehead atoms. The molecular weight excluding hydrogens is 309 g/mol. The first-order valence-corrected chi connectivity index (χ1v) is 8.67. The van der Waals surface area contributed by atoms with Gasteiger partial charge in [0, 0.05) is 29.0 Å². The van der Waals surface area contributed by atoms with E-state index in [0.717, 1.165) is 10.6 Å². The molecular formula is C19H22FNOS. The lowest BCUT2D eigenvalue weighted by Gasteiger charge is -2.26. The quantitative estimate of drug-likeness (QED) is 0.762. The van der Waals surface area contributed by atoms with E-state index in [4.69, 9.17) is 0 Å². The maximum atomic E-state index is 13.9. The van der Waals surface area contributed by atoms with Crippen LogP contribution in [0.25, 0.3) is 0 Å². The van der Waals surface area contributed by atoms with Gasteiger partial charge in [0.05, 0.1) is 0 Å². The highest BCUT2D eigenvalue weighted by Gasteiger charge is 2.24. The molecule has 0 spiro atoms. The molecule has 0 aliphatic carbocycles. The third kappa shape index (κ3) is 5.39. The molecule has 0 fully saturated rings. The molecule has 0 atom stereocenters. The van der Waals surface area contributed by atoms with Crippen LogP contribution in [-0.2, 0) is 10.2 Å². The predicted molar refractivity (Wildman–Crippen MR) is 94.2 cm³/mol. The van der Waals surface area contributed by atoms with E-state index in [2.05, 4.69) is 5.32 Å². The van der Waals surface area contributed by atoms with Crippen molar-refractivity contribution in [2.75, 3.05) is 12.3 Å². The van der Waals surface area contributed by atoms with Gasteiger partial charge in [-0.1, -0.05) is 50.2 Å². The van der Waals surface area contributed by atoms with Gasteiger partial charge < -0.3 is 5.32 Å². The van der Waals surface area contributed by atoms with E-state index in [1.54, 1.807) is 23.9 Å². The number of halogens is 1. The lowest BCUT2D eigenvalue weighted by Crippen LogP contribution is -2.37. The lowest BCUT2D eigenvalue weighted by molar-refractivity contribution is -0.120. The second kappa shape index (κ2) is 8.16. The largest absolute Gasteiger partial charge is 0.355 e. The van der Waals surface area contributed by atoms with Crippen molar-refractivity contribution in [3.63, 3.8) is 0 Å². The Labute approximate surface area is 141 Å². The summed E-state index contributed by atoms with van der Waals surface area (Å²) in [6.07, 6.45) is 0.451. The molecule has 0 aliphatic rings. The van der Waals surface area contributed by atoms with Crippen LogP contribution in [0.1, 0.15) is 25.8 Å². The molecule has 122 valence electrons. The molecule has 1 N–H and O–H groups in total. The minimum Gasteiger partial charge on any atom is -0.355 e. The number of nitrogens with one attached hydrogen (secondary N) is 1. The van der Waals surface area contributed by atoms with Crippen molar-refractivity contribution in [1.29, 1.82) is 0 Å². The van der Waals surface area contributed by atoms with Crippen molar-refractivity contribution in [2.24, 2.45) is 0 Å². The van der Waals surface area contributed by atoms with E-state index in [0.29, 0.717) is 18.5 Å². The van der Waals surface area contributed by atoms with Gasteiger partial charge in [-0.2, -0.15) is 0 Å². The van der Waals surface area contributed by atoms with E-state index in [-0.39, 0.29) is 11.7 Å². The normalized spacial score (nSPS) is 11.3. The topological polar surface area (TPSA) is 29.1 Å². The number of rotatable bonds is 7. The molecule has 2 aromatic rings. The Hall–Kier alpha value is -1.81. The lowest BCUT2D eigenvalue weighted by atomic mass is 9.84. The summed E-state index contributed by atoms with van der Waals surface area (Å²) in [6.45, 7) is 4.29. The Morgan fingerprint density at radius 2 is 1.74 bits per heavy atom. The minimum atomic E-state index is -0.437.